The first-order chi connectivity index (χ1) is 12.4. The summed E-state index contributed by atoms with van der Waals surface area (Å²) in [7, 11) is 3.01. The number of carbonyl (C=O) groups is 2. The van der Waals surface area contributed by atoms with E-state index in [1.165, 1.54) is 14.2 Å². The molecule has 3 rings (SSSR count). The molecule has 1 fully saturated rings. The summed E-state index contributed by atoms with van der Waals surface area (Å²) < 4.78 is 37.5. The summed E-state index contributed by atoms with van der Waals surface area (Å²) in [5, 5.41) is 0. The van der Waals surface area contributed by atoms with Crippen LogP contribution in [0.3, 0.4) is 0 Å². The first-order valence-corrected chi connectivity index (χ1v) is 7.97. The van der Waals surface area contributed by atoms with Gasteiger partial charge in [-0.25, -0.2) is 13.7 Å². The Hall–Kier alpha value is -2.96. The summed E-state index contributed by atoms with van der Waals surface area (Å²) >= 11 is 0. The Morgan fingerprint density at radius 1 is 0.923 bits per heavy atom. The molecule has 26 heavy (non-hydrogen) atoms. The molecule has 0 atom stereocenters. The van der Waals surface area contributed by atoms with Gasteiger partial charge in [-0.1, -0.05) is 6.07 Å². The molecule has 1 aliphatic heterocycles. The molecule has 0 saturated carbocycles. The molecule has 0 aliphatic carbocycles. The molecule has 2 aromatic carbocycles. The molecule has 0 aromatic heterocycles. The van der Waals surface area contributed by atoms with Crippen LogP contribution < -0.4 is 14.4 Å². The number of carbonyl (C=O) groups excluding carboxylic acids is 2. The molecule has 5 nitrogen and oxygen atoms in total. The lowest BCUT2D eigenvalue weighted by atomic mass is 9.88. The van der Waals surface area contributed by atoms with Gasteiger partial charge in [0.25, 0.3) is 0 Å². The SMILES string of the molecule is COc1ccc(C2CC(=O)N(c3ccc(F)cc3F)C(=O)C2)cc1OC. The van der Waals surface area contributed by atoms with Crippen molar-refractivity contribution in [2.45, 2.75) is 18.8 Å². The number of methoxy groups -OCH3 is 2. The molecule has 2 aromatic rings. The van der Waals surface area contributed by atoms with Gasteiger partial charge in [0, 0.05) is 24.8 Å². The Balaban J connectivity index is 1.87. The van der Waals surface area contributed by atoms with Crippen LogP contribution in [0, 0.1) is 11.6 Å². The molecule has 0 bridgehead atoms. The highest BCUT2D eigenvalue weighted by Crippen LogP contribution is 2.37. The minimum Gasteiger partial charge on any atom is -0.493 e. The zero-order valence-electron chi connectivity index (χ0n) is 14.3. The van der Waals surface area contributed by atoms with Gasteiger partial charge in [-0.15, -0.1) is 0 Å². The van der Waals surface area contributed by atoms with Gasteiger partial charge < -0.3 is 9.47 Å². The largest absolute Gasteiger partial charge is 0.493 e. The van der Waals surface area contributed by atoms with Crippen LogP contribution in [-0.4, -0.2) is 26.0 Å². The van der Waals surface area contributed by atoms with Crippen molar-refractivity contribution in [1.82, 2.24) is 0 Å². The van der Waals surface area contributed by atoms with E-state index >= 15 is 0 Å². The second kappa shape index (κ2) is 7.11. The Kier molecular flexibility index (Phi) is 4.88. The number of halogens is 2. The lowest BCUT2D eigenvalue weighted by Gasteiger charge is -2.30. The smallest absolute Gasteiger partial charge is 0.234 e. The predicted molar refractivity (Wildman–Crippen MR) is 90.4 cm³/mol. The number of rotatable bonds is 4. The maximum Gasteiger partial charge on any atom is 0.234 e. The number of piperidine rings is 1. The molecule has 1 heterocycles. The topological polar surface area (TPSA) is 55.8 Å². The first-order valence-electron chi connectivity index (χ1n) is 7.97. The highest BCUT2D eigenvalue weighted by molar-refractivity contribution is 6.17. The van der Waals surface area contributed by atoms with Crippen molar-refractivity contribution in [3.63, 3.8) is 0 Å². The number of anilines is 1. The monoisotopic (exact) mass is 361 g/mol. The molecule has 0 unspecified atom stereocenters. The van der Waals surface area contributed by atoms with Gasteiger partial charge in [0.15, 0.2) is 11.5 Å². The van der Waals surface area contributed by atoms with Crippen molar-refractivity contribution in [2.75, 3.05) is 19.1 Å². The third kappa shape index (κ3) is 3.24. The van der Waals surface area contributed by atoms with Crippen LogP contribution in [0.4, 0.5) is 14.5 Å². The number of nitrogens with zero attached hydrogens (tertiary/aromatic N) is 1. The predicted octanol–water partition coefficient (Wildman–Crippen LogP) is 3.42. The quantitative estimate of drug-likeness (QED) is 0.783. The van der Waals surface area contributed by atoms with E-state index in [9.17, 15) is 18.4 Å². The lowest BCUT2D eigenvalue weighted by molar-refractivity contribution is -0.129. The van der Waals surface area contributed by atoms with E-state index < -0.39 is 23.4 Å². The standard InChI is InChI=1S/C19H17F2NO4/c1-25-16-6-3-11(7-17(16)26-2)12-8-18(23)22(19(24)9-12)15-5-4-13(20)10-14(15)21/h3-7,10,12H,8-9H2,1-2H3. The summed E-state index contributed by atoms with van der Waals surface area (Å²) in [6.45, 7) is 0. The van der Waals surface area contributed by atoms with Crippen molar-refractivity contribution in [1.29, 1.82) is 0 Å². The molecule has 1 aliphatic rings. The molecule has 0 radical (unpaired) electrons. The number of benzene rings is 2. The summed E-state index contributed by atoms with van der Waals surface area (Å²) in [6.07, 6.45) is 0.0517. The average Bonchev–Trinajstić information content (AvgIpc) is 2.62. The van der Waals surface area contributed by atoms with Crippen molar-refractivity contribution in [3.05, 3.63) is 53.6 Å². The van der Waals surface area contributed by atoms with Crippen molar-refractivity contribution in [2.24, 2.45) is 0 Å². The molecule has 0 N–H and O–H groups in total. The van der Waals surface area contributed by atoms with Crippen LogP contribution in [0.25, 0.3) is 0 Å². The highest BCUT2D eigenvalue weighted by atomic mass is 19.1. The van der Waals surface area contributed by atoms with Crippen molar-refractivity contribution < 1.29 is 27.8 Å². The fraction of sp³-hybridized carbons (Fsp3) is 0.263. The minimum absolute atomic E-state index is 0.0258. The van der Waals surface area contributed by atoms with Gasteiger partial charge in [-0.2, -0.15) is 0 Å². The zero-order chi connectivity index (χ0) is 18.8. The van der Waals surface area contributed by atoms with Crippen LogP contribution in [0.1, 0.15) is 24.3 Å². The average molecular weight is 361 g/mol. The lowest BCUT2D eigenvalue weighted by Crippen LogP contribution is -2.43. The Bertz CT molecular complexity index is 851. The second-order valence-corrected chi connectivity index (χ2v) is 5.94. The van der Waals surface area contributed by atoms with Gasteiger partial charge in [-0.05, 0) is 29.8 Å². The van der Waals surface area contributed by atoms with Gasteiger partial charge in [0.2, 0.25) is 11.8 Å². The molecule has 2 amide bonds. The van der Waals surface area contributed by atoms with E-state index in [0.29, 0.717) is 17.6 Å². The van der Waals surface area contributed by atoms with E-state index in [0.717, 1.165) is 22.6 Å². The third-order valence-electron chi connectivity index (χ3n) is 4.37. The molecular formula is C19H17F2NO4. The van der Waals surface area contributed by atoms with Crippen molar-refractivity contribution >= 4 is 17.5 Å². The number of hydrogen-bond donors (Lipinski definition) is 0. The van der Waals surface area contributed by atoms with E-state index in [1.54, 1.807) is 18.2 Å². The summed E-state index contributed by atoms with van der Waals surface area (Å²) in [5.74, 6) is -2.10. The maximum absolute atomic E-state index is 14.0. The van der Waals surface area contributed by atoms with E-state index in [1.807, 2.05) is 0 Å². The number of imide groups is 1. The normalized spacial score (nSPS) is 15.3. The Labute approximate surface area is 149 Å². The summed E-state index contributed by atoms with van der Waals surface area (Å²) in [6, 6.07) is 7.95. The maximum atomic E-state index is 14.0. The number of ether oxygens (including phenoxy) is 2. The minimum atomic E-state index is -0.948. The number of amides is 2. The number of hydrogen-bond acceptors (Lipinski definition) is 4. The molecular weight excluding hydrogens is 344 g/mol. The van der Waals surface area contributed by atoms with Crippen LogP contribution in [-0.2, 0) is 9.59 Å². The van der Waals surface area contributed by atoms with Crippen LogP contribution >= 0.6 is 0 Å². The Morgan fingerprint density at radius 3 is 2.15 bits per heavy atom. The molecule has 0 spiro atoms. The molecule has 7 heteroatoms. The fourth-order valence-electron chi connectivity index (χ4n) is 3.09. The van der Waals surface area contributed by atoms with E-state index in [2.05, 4.69) is 0 Å². The van der Waals surface area contributed by atoms with Crippen LogP contribution in [0.2, 0.25) is 0 Å². The Morgan fingerprint density at radius 2 is 1.58 bits per heavy atom. The fourth-order valence-corrected chi connectivity index (χ4v) is 3.09. The third-order valence-corrected chi connectivity index (χ3v) is 4.37. The van der Waals surface area contributed by atoms with Gasteiger partial charge >= 0.3 is 0 Å². The van der Waals surface area contributed by atoms with Crippen LogP contribution in [0.5, 0.6) is 11.5 Å². The van der Waals surface area contributed by atoms with E-state index in [4.69, 9.17) is 9.47 Å². The molecule has 136 valence electrons. The van der Waals surface area contributed by atoms with Crippen molar-refractivity contribution in [3.8, 4) is 11.5 Å². The van der Waals surface area contributed by atoms with Gasteiger partial charge in [0.05, 0.1) is 19.9 Å². The highest BCUT2D eigenvalue weighted by Gasteiger charge is 2.36. The van der Waals surface area contributed by atoms with Gasteiger partial charge in [0.1, 0.15) is 11.6 Å². The van der Waals surface area contributed by atoms with Gasteiger partial charge in [-0.3, -0.25) is 9.59 Å². The zero-order valence-corrected chi connectivity index (χ0v) is 14.3. The molecule has 1 saturated heterocycles. The first kappa shape index (κ1) is 17.8. The summed E-state index contributed by atoms with van der Waals surface area (Å²) in [5.41, 5.74) is 0.524. The van der Waals surface area contributed by atoms with Crippen LogP contribution in [0.15, 0.2) is 36.4 Å². The van der Waals surface area contributed by atoms with E-state index in [-0.39, 0.29) is 24.4 Å². The summed E-state index contributed by atoms with van der Waals surface area (Å²) in [4.78, 5) is 25.8. The second-order valence-electron chi connectivity index (χ2n) is 5.94.